The molecule has 3 atom stereocenters. The van der Waals surface area contributed by atoms with Crippen LogP contribution in [0.5, 0.6) is 0 Å². The van der Waals surface area contributed by atoms with Crippen molar-refractivity contribution in [3.63, 3.8) is 0 Å². The van der Waals surface area contributed by atoms with Gasteiger partial charge in [-0.05, 0) is 6.42 Å². The Kier molecular flexibility index (Phi) is 4.80. The molecule has 0 unspecified atom stereocenters. The summed E-state index contributed by atoms with van der Waals surface area (Å²) in [6.45, 7) is -0.747. The minimum absolute atomic E-state index is 0.00129. The molecule has 15 heteroatoms. The van der Waals surface area contributed by atoms with Gasteiger partial charge in [-0.25, -0.2) is 14.7 Å². The molecule has 8 nitrogen and oxygen atoms in total. The first kappa shape index (κ1) is 23.8. The number of pyridine rings is 1. The number of carbonyl (C=O) groups is 3. The van der Waals surface area contributed by atoms with E-state index in [9.17, 15) is 50.4 Å². The number of hydrogen-bond donors (Lipinski definition) is 0. The second-order valence-corrected chi connectivity index (χ2v) is 8.52. The van der Waals surface area contributed by atoms with E-state index in [1.54, 1.807) is 12.1 Å². The first-order valence-corrected chi connectivity index (χ1v) is 10.3. The second kappa shape index (κ2) is 7.28. The molecule has 0 saturated carbocycles. The van der Waals surface area contributed by atoms with Crippen LogP contribution in [0.25, 0.3) is 10.8 Å². The Labute approximate surface area is 196 Å². The molecule has 2 bridgehead atoms. The maximum atomic E-state index is 14.1. The zero-order chi connectivity index (χ0) is 26.4. The van der Waals surface area contributed by atoms with Gasteiger partial charge in [0.25, 0.3) is 11.8 Å². The Balaban J connectivity index is 1.50. The number of alkyl halides is 7. The largest absolute Gasteiger partial charge is 0.460 e. The number of anilines is 1. The summed E-state index contributed by atoms with van der Waals surface area (Å²) in [5, 5.41) is 9.85. The number of amides is 4. The van der Waals surface area contributed by atoms with Gasteiger partial charge in [-0.3, -0.25) is 9.59 Å². The fourth-order valence-corrected chi connectivity index (χ4v) is 5.05. The molecule has 0 aliphatic carbocycles. The van der Waals surface area contributed by atoms with Crippen LogP contribution in [0.2, 0.25) is 0 Å². The van der Waals surface area contributed by atoms with Crippen LogP contribution in [-0.2, 0) is 9.59 Å². The van der Waals surface area contributed by atoms with Crippen LogP contribution < -0.4 is 4.90 Å². The van der Waals surface area contributed by atoms with Crippen molar-refractivity contribution in [2.45, 2.75) is 42.6 Å². The highest BCUT2D eigenvalue weighted by Gasteiger charge is 2.78. The first-order valence-electron chi connectivity index (χ1n) is 10.3. The zero-order valence-corrected chi connectivity index (χ0v) is 17.6. The molecule has 5 rings (SSSR count). The lowest BCUT2D eigenvalue weighted by Crippen LogP contribution is -2.64. The number of fused-ring (bicyclic) bond motifs is 6. The van der Waals surface area contributed by atoms with E-state index in [1.165, 1.54) is 12.1 Å². The summed E-state index contributed by atoms with van der Waals surface area (Å²) < 4.78 is 92.8. The molecule has 3 aliphatic rings. The maximum Gasteiger partial charge on any atom is 0.460 e. The first-order chi connectivity index (χ1) is 16.7. The Morgan fingerprint density at radius 1 is 1.06 bits per heavy atom. The van der Waals surface area contributed by atoms with Crippen LogP contribution in [0.3, 0.4) is 0 Å². The molecular weight excluding hydrogens is 503 g/mol. The van der Waals surface area contributed by atoms with E-state index < -0.39 is 60.5 Å². The Bertz CT molecular complexity index is 1370. The predicted molar refractivity (Wildman–Crippen MR) is 105 cm³/mol. The summed E-state index contributed by atoms with van der Waals surface area (Å²) in [6, 6.07) is 2.98. The number of halogens is 7. The van der Waals surface area contributed by atoms with Gasteiger partial charge in [-0.1, -0.05) is 24.3 Å². The summed E-state index contributed by atoms with van der Waals surface area (Å²) in [6.07, 6.45) is -5.86. The van der Waals surface area contributed by atoms with Crippen molar-refractivity contribution in [1.82, 2.24) is 14.8 Å². The number of benzene rings is 1. The molecule has 4 amide bonds. The molecule has 2 aromatic rings. The van der Waals surface area contributed by atoms with E-state index in [4.69, 9.17) is 0 Å². The van der Waals surface area contributed by atoms with Crippen molar-refractivity contribution in [2.75, 3.05) is 11.4 Å². The molecule has 0 N–H and O–H groups in total. The lowest BCUT2D eigenvalue weighted by atomic mass is 10.0. The van der Waals surface area contributed by atoms with Gasteiger partial charge in [0.15, 0.2) is 0 Å². The van der Waals surface area contributed by atoms with E-state index >= 15 is 0 Å². The van der Waals surface area contributed by atoms with Crippen molar-refractivity contribution in [3.05, 3.63) is 36.2 Å². The number of carbonyl (C=O) groups excluding carboxylic acids is 3. The molecule has 1 aromatic heterocycles. The van der Waals surface area contributed by atoms with Gasteiger partial charge in [0.2, 0.25) is 0 Å². The standard InChI is InChI=1S/C21H12F7N5O3/c22-19(23,20(24,25)21(26,27)28)17(35)31-8-9-5-13(31)15-16(34)33(18(36)32(9)15)14-7-30-12(6-29)10-3-1-2-4-11(10)14/h1-4,7,9,13,15H,5,8H2/t9-,13-,15-/m0/s1. The molecule has 4 heterocycles. The number of imide groups is 1. The van der Waals surface area contributed by atoms with Crippen molar-refractivity contribution in [3.8, 4) is 6.07 Å². The molecule has 3 fully saturated rings. The van der Waals surface area contributed by atoms with Crippen LogP contribution >= 0.6 is 0 Å². The monoisotopic (exact) mass is 515 g/mol. The third-order valence-corrected chi connectivity index (χ3v) is 6.67. The van der Waals surface area contributed by atoms with Gasteiger partial charge in [-0.2, -0.15) is 36.0 Å². The number of rotatable bonds is 3. The molecule has 0 radical (unpaired) electrons. The van der Waals surface area contributed by atoms with Crippen LogP contribution in [0.4, 0.5) is 41.2 Å². The summed E-state index contributed by atoms with van der Waals surface area (Å²) in [4.78, 5) is 44.4. The van der Waals surface area contributed by atoms with E-state index in [-0.39, 0.29) is 28.1 Å². The van der Waals surface area contributed by atoms with Crippen LogP contribution in [0, 0.1) is 11.3 Å². The molecule has 3 aliphatic heterocycles. The molecule has 188 valence electrons. The van der Waals surface area contributed by atoms with Crippen LogP contribution in [0.1, 0.15) is 12.1 Å². The molecule has 36 heavy (non-hydrogen) atoms. The number of urea groups is 1. The lowest BCUT2D eigenvalue weighted by Gasteiger charge is -2.38. The highest BCUT2D eigenvalue weighted by Crippen LogP contribution is 2.50. The van der Waals surface area contributed by atoms with Crippen LogP contribution in [-0.4, -0.2) is 75.3 Å². The van der Waals surface area contributed by atoms with Crippen molar-refractivity contribution in [2.24, 2.45) is 0 Å². The molecule has 0 spiro atoms. The van der Waals surface area contributed by atoms with Gasteiger partial charge in [0.1, 0.15) is 17.8 Å². The number of nitrogens with zero attached hydrogens (tertiary/aromatic N) is 5. The van der Waals surface area contributed by atoms with Crippen molar-refractivity contribution >= 4 is 34.3 Å². The number of aromatic nitrogens is 1. The van der Waals surface area contributed by atoms with Crippen LogP contribution in [0.15, 0.2) is 30.5 Å². The van der Waals surface area contributed by atoms with E-state index in [0.717, 1.165) is 11.1 Å². The topological polar surface area (TPSA) is 97.6 Å². The smallest absolute Gasteiger partial charge is 0.330 e. The fraction of sp³-hybridized carbons (Fsp3) is 0.381. The SMILES string of the molecule is N#Cc1ncc(N2C(=O)[C@@H]3[C@@H]4C[C@@H](CN4C(=O)C(F)(F)C(F)(F)C(F)(F)F)N3C2=O)c2ccccc12. The molecule has 3 saturated heterocycles. The number of nitriles is 1. The number of hydrogen-bond acceptors (Lipinski definition) is 5. The fourth-order valence-electron chi connectivity index (χ4n) is 5.05. The van der Waals surface area contributed by atoms with Gasteiger partial charge in [-0.15, -0.1) is 0 Å². The summed E-state index contributed by atoms with van der Waals surface area (Å²) in [7, 11) is 0. The number of piperazine rings is 1. The average Bonchev–Trinajstić information content (AvgIpc) is 3.48. The Morgan fingerprint density at radius 2 is 1.69 bits per heavy atom. The third kappa shape index (κ3) is 2.86. The quantitative estimate of drug-likeness (QED) is 0.463. The minimum Gasteiger partial charge on any atom is -0.330 e. The van der Waals surface area contributed by atoms with Gasteiger partial charge in [0.05, 0.1) is 24.0 Å². The third-order valence-electron chi connectivity index (χ3n) is 6.67. The Morgan fingerprint density at radius 3 is 2.31 bits per heavy atom. The highest BCUT2D eigenvalue weighted by atomic mass is 19.4. The van der Waals surface area contributed by atoms with Gasteiger partial charge >= 0.3 is 24.1 Å². The van der Waals surface area contributed by atoms with Gasteiger partial charge in [0, 0.05) is 17.3 Å². The van der Waals surface area contributed by atoms with E-state index in [0.29, 0.717) is 10.3 Å². The van der Waals surface area contributed by atoms with Crippen molar-refractivity contribution in [1.29, 1.82) is 5.26 Å². The summed E-state index contributed by atoms with van der Waals surface area (Å²) >= 11 is 0. The predicted octanol–water partition coefficient (Wildman–Crippen LogP) is 3.06. The van der Waals surface area contributed by atoms with E-state index in [2.05, 4.69) is 4.98 Å². The van der Waals surface area contributed by atoms with Gasteiger partial charge < -0.3 is 9.80 Å². The summed E-state index contributed by atoms with van der Waals surface area (Å²) in [5.74, 6) is -16.5. The second-order valence-electron chi connectivity index (χ2n) is 8.52. The average molecular weight is 515 g/mol. The maximum absolute atomic E-state index is 14.1. The minimum atomic E-state index is -6.70. The van der Waals surface area contributed by atoms with E-state index in [1.807, 2.05) is 6.07 Å². The normalized spacial score (nSPS) is 24.1. The number of likely N-dealkylation sites (tertiary alicyclic amines) is 1. The molecular formula is C21H12F7N5O3. The zero-order valence-electron chi connectivity index (χ0n) is 17.6. The Hall–Kier alpha value is -3.96. The van der Waals surface area contributed by atoms with Crippen molar-refractivity contribution < 1.29 is 45.1 Å². The molecule has 1 aromatic carbocycles. The summed E-state index contributed by atoms with van der Waals surface area (Å²) in [5.41, 5.74) is -0.0428. The lowest BCUT2D eigenvalue weighted by molar-refractivity contribution is -0.346. The highest BCUT2D eigenvalue weighted by molar-refractivity contribution is 6.25.